The van der Waals surface area contributed by atoms with E-state index in [9.17, 15) is 14.7 Å². The van der Waals surface area contributed by atoms with E-state index in [1.165, 1.54) is 25.8 Å². The number of carbonyl (C=O) groups excluding carboxylic acids is 1. The summed E-state index contributed by atoms with van der Waals surface area (Å²) in [5.74, 6) is 0.358. The van der Waals surface area contributed by atoms with Gasteiger partial charge in [0.2, 0.25) is 0 Å². The first-order valence-corrected chi connectivity index (χ1v) is 15.6. The Bertz CT molecular complexity index is 1160. The number of carboxylic acids is 1. The number of nitrogens with zero attached hydrogens (tertiary/aromatic N) is 4. The molecule has 2 saturated heterocycles. The van der Waals surface area contributed by atoms with Crippen molar-refractivity contribution in [3.05, 3.63) is 65.2 Å². The molecular formula is C32H45ClN4O4. The van der Waals surface area contributed by atoms with Crippen molar-refractivity contribution < 1.29 is 19.8 Å². The third-order valence-corrected chi connectivity index (χ3v) is 8.46. The predicted molar refractivity (Wildman–Crippen MR) is 163 cm³/mol. The van der Waals surface area contributed by atoms with Crippen LogP contribution in [0.25, 0.3) is 0 Å². The number of piperazine rings is 1. The fourth-order valence-electron chi connectivity index (χ4n) is 6.21. The number of rotatable bonds is 9. The number of amides is 1. The molecule has 1 saturated carbocycles. The molecule has 2 unspecified atom stereocenters. The number of carboxylic acid groups (broad SMARTS) is 1. The van der Waals surface area contributed by atoms with Crippen LogP contribution in [0.15, 0.2) is 48.5 Å². The second-order valence-electron chi connectivity index (χ2n) is 11.5. The molecular weight excluding hydrogens is 540 g/mol. The molecule has 2 heterocycles. The van der Waals surface area contributed by atoms with Crippen LogP contribution in [0.3, 0.4) is 0 Å². The van der Waals surface area contributed by atoms with E-state index in [1.54, 1.807) is 6.07 Å². The average Bonchev–Trinajstić information content (AvgIpc) is 3.81. The largest absolute Gasteiger partial charge is 0.508 e. The molecule has 1 aliphatic carbocycles. The van der Waals surface area contributed by atoms with Gasteiger partial charge >= 0.3 is 5.97 Å². The highest BCUT2D eigenvalue weighted by Crippen LogP contribution is 2.35. The lowest BCUT2D eigenvalue weighted by Gasteiger charge is -2.44. The van der Waals surface area contributed by atoms with Gasteiger partial charge in [0.15, 0.2) is 0 Å². The Morgan fingerprint density at radius 2 is 1.63 bits per heavy atom. The Morgan fingerprint density at radius 1 is 0.927 bits per heavy atom. The van der Waals surface area contributed by atoms with E-state index >= 15 is 0 Å². The number of phenolic OH excluding ortho intramolecular Hbond substituents is 1. The molecule has 2 aromatic rings. The van der Waals surface area contributed by atoms with Crippen LogP contribution in [0.4, 0.5) is 0 Å². The van der Waals surface area contributed by atoms with E-state index in [0.29, 0.717) is 37.8 Å². The summed E-state index contributed by atoms with van der Waals surface area (Å²) >= 11 is 4.64. The topological polar surface area (TPSA) is 87.6 Å². The minimum atomic E-state index is -0.788. The van der Waals surface area contributed by atoms with E-state index < -0.39 is 5.97 Å². The molecule has 2 aromatic carbocycles. The summed E-state index contributed by atoms with van der Waals surface area (Å²) in [6, 6.07) is 15.8. The number of aliphatic carboxylic acids is 1. The fourth-order valence-corrected chi connectivity index (χ4v) is 6.21. The van der Waals surface area contributed by atoms with Gasteiger partial charge in [-0.2, -0.15) is 0 Å². The standard InChI is InChI=1S/C31H42N4O4.CH3Cl/c1-23-21-33(22-24-9-10-24)16-18-35(23)30(26-6-3-8-28(36)20-26)25-5-2-7-27(19-25)31(39)34-13-4-12-32(15-17-34)14-11-29(37)38;1-2/h2-3,5-8,19-20,23-24,30,36H,4,9-18,21-22H2,1H3,(H,37,38);1H3. The van der Waals surface area contributed by atoms with E-state index in [-0.39, 0.29) is 24.1 Å². The van der Waals surface area contributed by atoms with Crippen LogP contribution in [-0.4, -0.2) is 113 Å². The van der Waals surface area contributed by atoms with E-state index in [0.717, 1.165) is 49.6 Å². The lowest BCUT2D eigenvalue weighted by molar-refractivity contribution is -0.137. The Balaban J connectivity index is 0.00000189. The summed E-state index contributed by atoms with van der Waals surface area (Å²) < 4.78 is 0. The van der Waals surface area contributed by atoms with Gasteiger partial charge in [0.05, 0.1) is 12.5 Å². The molecule has 3 aliphatic rings. The zero-order valence-electron chi connectivity index (χ0n) is 24.4. The van der Waals surface area contributed by atoms with Crippen LogP contribution >= 0.6 is 11.6 Å². The van der Waals surface area contributed by atoms with E-state index in [2.05, 4.69) is 45.4 Å². The first-order chi connectivity index (χ1) is 19.9. The van der Waals surface area contributed by atoms with Crippen LogP contribution in [0.5, 0.6) is 5.75 Å². The SMILES string of the molecule is CC1CN(CC2CC2)CCN1C(c1cccc(O)c1)c1cccc(C(=O)N2CCCN(CCC(=O)O)CC2)c1.CCl. The lowest BCUT2D eigenvalue weighted by Crippen LogP contribution is -2.53. The van der Waals surface area contributed by atoms with Crippen molar-refractivity contribution in [1.82, 2.24) is 19.6 Å². The van der Waals surface area contributed by atoms with Crippen molar-refractivity contribution in [2.45, 2.75) is 44.7 Å². The van der Waals surface area contributed by atoms with Crippen molar-refractivity contribution in [2.75, 3.05) is 65.3 Å². The highest BCUT2D eigenvalue weighted by Gasteiger charge is 2.34. The first kappa shape index (κ1) is 31.3. The molecule has 224 valence electrons. The van der Waals surface area contributed by atoms with Crippen LogP contribution < -0.4 is 0 Å². The van der Waals surface area contributed by atoms with Gasteiger partial charge in [0, 0.05) is 70.3 Å². The zero-order valence-corrected chi connectivity index (χ0v) is 25.2. The minimum Gasteiger partial charge on any atom is -0.508 e. The molecule has 0 radical (unpaired) electrons. The van der Waals surface area contributed by atoms with E-state index in [1.807, 2.05) is 35.2 Å². The van der Waals surface area contributed by atoms with Gasteiger partial charge in [0.1, 0.15) is 5.75 Å². The van der Waals surface area contributed by atoms with Gasteiger partial charge in [0.25, 0.3) is 5.91 Å². The highest BCUT2D eigenvalue weighted by molar-refractivity contribution is 6.15. The second-order valence-corrected chi connectivity index (χ2v) is 11.5. The maximum Gasteiger partial charge on any atom is 0.304 e. The molecule has 1 amide bonds. The van der Waals surface area contributed by atoms with Gasteiger partial charge in [-0.1, -0.05) is 24.3 Å². The number of benzene rings is 2. The molecule has 2 aliphatic heterocycles. The summed E-state index contributed by atoms with van der Waals surface area (Å²) in [4.78, 5) is 33.8. The maximum absolute atomic E-state index is 13.6. The fraction of sp³-hybridized carbons (Fsp3) is 0.562. The number of phenols is 1. The number of hydrogen-bond donors (Lipinski definition) is 2. The van der Waals surface area contributed by atoms with Crippen molar-refractivity contribution in [3.8, 4) is 5.75 Å². The normalized spacial score (nSPS) is 21.4. The van der Waals surface area contributed by atoms with E-state index in [4.69, 9.17) is 5.11 Å². The molecule has 9 heteroatoms. The first-order valence-electron chi connectivity index (χ1n) is 14.9. The third kappa shape index (κ3) is 8.67. The Labute approximate surface area is 249 Å². The summed E-state index contributed by atoms with van der Waals surface area (Å²) in [6.45, 7) is 9.75. The molecule has 0 spiro atoms. The van der Waals surface area contributed by atoms with Crippen molar-refractivity contribution in [3.63, 3.8) is 0 Å². The van der Waals surface area contributed by atoms with Crippen LogP contribution in [0, 0.1) is 5.92 Å². The Morgan fingerprint density at radius 3 is 2.32 bits per heavy atom. The van der Waals surface area contributed by atoms with Crippen molar-refractivity contribution in [1.29, 1.82) is 0 Å². The van der Waals surface area contributed by atoms with Gasteiger partial charge < -0.3 is 24.9 Å². The molecule has 0 aromatic heterocycles. The predicted octanol–water partition coefficient (Wildman–Crippen LogP) is 4.38. The van der Waals surface area contributed by atoms with Crippen LogP contribution in [0.2, 0.25) is 0 Å². The maximum atomic E-state index is 13.6. The summed E-state index contributed by atoms with van der Waals surface area (Å²) in [5, 5.41) is 19.3. The molecule has 2 N–H and O–H groups in total. The molecule has 3 fully saturated rings. The molecule has 8 nitrogen and oxygen atoms in total. The summed E-state index contributed by atoms with van der Waals surface area (Å²) in [7, 11) is 0. The molecule has 2 atom stereocenters. The molecule has 41 heavy (non-hydrogen) atoms. The van der Waals surface area contributed by atoms with Gasteiger partial charge in [-0.3, -0.25) is 14.5 Å². The summed E-state index contributed by atoms with van der Waals surface area (Å²) in [5.41, 5.74) is 2.77. The molecule has 0 bridgehead atoms. The van der Waals surface area contributed by atoms with Gasteiger partial charge in [-0.15, -0.1) is 11.6 Å². The number of hydrogen-bond acceptors (Lipinski definition) is 6. The van der Waals surface area contributed by atoms with Gasteiger partial charge in [-0.25, -0.2) is 0 Å². The van der Waals surface area contributed by atoms with Gasteiger partial charge in [-0.05, 0) is 74.0 Å². The van der Waals surface area contributed by atoms with Crippen LogP contribution in [0.1, 0.15) is 60.1 Å². The van der Waals surface area contributed by atoms with Crippen molar-refractivity contribution >= 4 is 23.5 Å². The Kier molecular flexibility index (Phi) is 11.5. The quantitative estimate of drug-likeness (QED) is 0.423. The summed E-state index contributed by atoms with van der Waals surface area (Å²) in [6.07, 6.45) is 5.15. The second kappa shape index (κ2) is 15.0. The minimum absolute atomic E-state index is 0.0221. The third-order valence-electron chi connectivity index (χ3n) is 8.46. The smallest absolute Gasteiger partial charge is 0.304 e. The van der Waals surface area contributed by atoms with Crippen molar-refractivity contribution in [2.24, 2.45) is 5.92 Å². The average molecular weight is 585 g/mol. The lowest BCUT2D eigenvalue weighted by atomic mass is 9.93. The zero-order chi connectivity index (χ0) is 29.4. The Hall–Kier alpha value is -2.65. The number of aromatic hydroxyl groups is 1. The molecule has 5 rings (SSSR count). The number of carbonyl (C=O) groups is 2. The highest BCUT2D eigenvalue weighted by atomic mass is 35.5. The number of alkyl halides is 1. The van der Waals surface area contributed by atoms with Crippen LogP contribution in [-0.2, 0) is 4.79 Å². The monoisotopic (exact) mass is 584 g/mol. The number of halogens is 1.